The van der Waals surface area contributed by atoms with Crippen molar-refractivity contribution in [1.29, 1.82) is 0 Å². The van der Waals surface area contributed by atoms with Crippen LogP contribution in [-0.4, -0.2) is 19.5 Å². The number of carbonyl (C=O) groups is 1. The lowest BCUT2D eigenvalue weighted by Gasteiger charge is -2.28. The third-order valence-electron chi connectivity index (χ3n) is 3.89. The van der Waals surface area contributed by atoms with Gasteiger partial charge in [0.15, 0.2) is 0 Å². The molecule has 21 heavy (non-hydrogen) atoms. The van der Waals surface area contributed by atoms with E-state index in [1.807, 2.05) is 18.2 Å². The second kappa shape index (κ2) is 5.66. The SMILES string of the molecule is CNC(=O)c1ccc2c(c1)[C@H](c1ccc(F)cc1)NCC2. The van der Waals surface area contributed by atoms with E-state index in [2.05, 4.69) is 10.6 Å². The molecule has 3 nitrogen and oxygen atoms in total. The molecule has 108 valence electrons. The lowest BCUT2D eigenvalue weighted by atomic mass is 9.88. The van der Waals surface area contributed by atoms with Crippen LogP contribution < -0.4 is 10.6 Å². The van der Waals surface area contributed by atoms with E-state index in [0.717, 1.165) is 24.1 Å². The van der Waals surface area contributed by atoms with Crippen molar-refractivity contribution in [3.8, 4) is 0 Å². The van der Waals surface area contributed by atoms with Crippen LogP contribution in [0.2, 0.25) is 0 Å². The second-order valence-corrected chi connectivity index (χ2v) is 5.18. The molecule has 1 heterocycles. The maximum atomic E-state index is 13.1. The molecule has 0 bridgehead atoms. The predicted molar refractivity (Wildman–Crippen MR) is 79.8 cm³/mol. The topological polar surface area (TPSA) is 41.1 Å². The fourth-order valence-corrected chi connectivity index (χ4v) is 2.79. The maximum Gasteiger partial charge on any atom is 0.251 e. The van der Waals surface area contributed by atoms with Crippen LogP contribution in [-0.2, 0) is 6.42 Å². The highest BCUT2D eigenvalue weighted by molar-refractivity contribution is 5.94. The first-order valence-electron chi connectivity index (χ1n) is 7.03. The van der Waals surface area contributed by atoms with E-state index < -0.39 is 0 Å². The molecule has 2 aromatic carbocycles. The number of hydrogen-bond acceptors (Lipinski definition) is 2. The van der Waals surface area contributed by atoms with Crippen molar-refractivity contribution in [1.82, 2.24) is 10.6 Å². The Morgan fingerprint density at radius 3 is 2.71 bits per heavy atom. The van der Waals surface area contributed by atoms with Crippen LogP contribution in [0.15, 0.2) is 42.5 Å². The van der Waals surface area contributed by atoms with Crippen molar-refractivity contribution in [3.63, 3.8) is 0 Å². The predicted octanol–water partition coefficient (Wildman–Crippen LogP) is 2.42. The summed E-state index contributed by atoms with van der Waals surface area (Å²) in [5.74, 6) is -0.338. The fourth-order valence-electron chi connectivity index (χ4n) is 2.79. The quantitative estimate of drug-likeness (QED) is 0.889. The Morgan fingerprint density at radius 1 is 1.24 bits per heavy atom. The molecule has 0 fully saturated rings. The number of hydrogen-bond donors (Lipinski definition) is 2. The minimum atomic E-state index is -0.242. The summed E-state index contributed by atoms with van der Waals surface area (Å²) in [7, 11) is 1.62. The van der Waals surface area contributed by atoms with Gasteiger partial charge in [-0.3, -0.25) is 4.79 Å². The van der Waals surface area contributed by atoms with Gasteiger partial charge in [-0.15, -0.1) is 0 Å². The van der Waals surface area contributed by atoms with Crippen LogP contribution >= 0.6 is 0 Å². The van der Waals surface area contributed by atoms with E-state index in [1.54, 1.807) is 19.2 Å². The van der Waals surface area contributed by atoms with E-state index in [1.165, 1.54) is 17.7 Å². The minimum absolute atomic E-state index is 0.000967. The average Bonchev–Trinajstić information content (AvgIpc) is 2.54. The first-order chi connectivity index (χ1) is 10.2. The number of halogens is 1. The summed E-state index contributed by atoms with van der Waals surface area (Å²) in [6.45, 7) is 0.869. The summed E-state index contributed by atoms with van der Waals surface area (Å²) < 4.78 is 13.1. The Balaban J connectivity index is 2.03. The largest absolute Gasteiger partial charge is 0.355 e. The highest BCUT2D eigenvalue weighted by Gasteiger charge is 2.22. The van der Waals surface area contributed by atoms with Gasteiger partial charge in [0.2, 0.25) is 0 Å². The first-order valence-corrected chi connectivity index (χ1v) is 7.03. The molecule has 0 spiro atoms. The zero-order chi connectivity index (χ0) is 14.8. The smallest absolute Gasteiger partial charge is 0.251 e. The van der Waals surface area contributed by atoms with Crippen LogP contribution in [0.1, 0.15) is 33.1 Å². The molecule has 2 N–H and O–H groups in total. The molecule has 0 saturated carbocycles. The third kappa shape index (κ3) is 2.67. The Hall–Kier alpha value is -2.20. The van der Waals surface area contributed by atoms with E-state index in [-0.39, 0.29) is 17.8 Å². The molecule has 0 unspecified atom stereocenters. The summed E-state index contributed by atoms with van der Waals surface area (Å²) in [5.41, 5.74) is 3.98. The fraction of sp³-hybridized carbons (Fsp3) is 0.235. The number of rotatable bonds is 2. The monoisotopic (exact) mass is 284 g/mol. The van der Waals surface area contributed by atoms with Crippen molar-refractivity contribution < 1.29 is 9.18 Å². The van der Waals surface area contributed by atoms with E-state index in [0.29, 0.717) is 5.56 Å². The van der Waals surface area contributed by atoms with Gasteiger partial charge in [-0.25, -0.2) is 4.39 Å². The number of amides is 1. The Kier molecular flexibility index (Phi) is 3.71. The van der Waals surface area contributed by atoms with Gasteiger partial charge >= 0.3 is 0 Å². The summed E-state index contributed by atoms with van der Waals surface area (Å²) in [6.07, 6.45) is 0.932. The van der Waals surface area contributed by atoms with Crippen LogP contribution in [0.5, 0.6) is 0 Å². The van der Waals surface area contributed by atoms with Gasteiger partial charge < -0.3 is 10.6 Å². The highest BCUT2D eigenvalue weighted by atomic mass is 19.1. The van der Waals surface area contributed by atoms with Crippen molar-refractivity contribution in [2.24, 2.45) is 0 Å². The molecular weight excluding hydrogens is 267 g/mol. The molecule has 0 aromatic heterocycles. The Morgan fingerprint density at radius 2 is 2.00 bits per heavy atom. The first kappa shape index (κ1) is 13.8. The van der Waals surface area contributed by atoms with Gasteiger partial charge in [0, 0.05) is 19.2 Å². The molecular formula is C17H17FN2O. The summed E-state index contributed by atoms with van der Waals surface area (Å²) >= 11 is 0. The molecule has 0 radical (unpaired) electrons. The lowest BCUT2D eigenvalue weighted by Crippen LogP contribution is -2.31. The summed E-state index contributed by atoms with van der Waals surface area (Å²) in [6, 6.07) is 12.3. The van der Waals surface area contributed by atoms with Crippen molar-refractivity contribution in [2.45, 2.75) is 12.5 Å². The van der Waals surface area contributed by atoms with Gasteiger partial charge in [-0.2, -0.15) is 0 Å². The average molecular weight is 284 g/mol. The zero-order valence-corrected chi connectivity index (χ0v) is 11.8. The maximum absolute atomic E-state index is 13.1. The molecule has 0 saturated heterocycles. The molecule has 1 aliphatic rings. The lowest BCUT2D eigenvalue weighted by molar-refractivity contribution is 0.0963. The highest BCUT2D eigenvalue weighted by Crippen LogP contribution is 2.29. The van der Waals surface area contributed by atoms with Gasteiger partial charge in [0.1, 0.15) is 5.82 Å². The molecule has 3 rings (SSSR count). The van der Waals surface area contributed by atoms with Crippen molar-refractivity contribution >= 4 is 5.91 Å². The van der Waals surface area contributed by atoms with Crippen LogP contribution in [0.4, 0.5) is 4.39 Å². The molecule has 2 aromatic rings. The zero-order valence-electron chi connectivity index (χ0n) is 11.8. The van der Waals surface area contributed by atoms with Gasteiger partial charge in [0.05, 0.1) is 6.04 Å². The molecule has 1 aliphatic heterocycles. The second-order valence-electron chi connectivity index (χ2n) is 5.18. The minimum Gasteiger partial charge on any atom is -0.355 e. The standard InChI is InChI=1S/C17H17FN2O/c1-19-17(21)13-3-2-11-8-9-20-16(15(11)10-13)12-4-6-14(18)7-5-12/h2-7,10,16,20H,8-9H2,1H3,(H,19,21)/t16-/m0/s1. The number of fused-ring (bicyclic) bond motifs is 1. The number of benzene rings is 2. The third-order valence-corrected chi connectivity index (χ3v) is 3.89. The van der Waals surface area contributed by atoms with Crippen molar-refractivity contribution in [3.05, 3.63) is 70.5 Å². The Labute approximate surface area is 123 Å². The number of carbonyl (C=O) groups excluding carboxylic acids is 1. The molecule has 1 atom stereocenters. The van der Waals surface area contributed by atoms with Crippen LogP contribution in [0, 0.1) is 5.82 Å². The van der Waals surface area contributed by atoms with Gasteiger partial charge in [0.25, 0.3) is 5.91 Å². The molecule has 4 heteroatoms. The van der Waals surface area contributed by atoms with E-state index in [9.17, 15) is 9.18 Å². The number of nitrogens with one attached hydrogen (secondary N) is 2. The summed E-state index contributed by atoms with van der Waals surface area (Å²) in [4.78, 5) is 11.8. The summed E-state index contributed by atoms with van der Waals surface area (Å²) in [5, 5.41) is 6.08. The van der Waals surface area contributed by atoms with Gasteiger partial charge in [-0.1, -0.05) is 18.2 Å². The van der Waals surface area contributed by atoms with Crippen LogP contribution in [0.25, 0.3) is 0 Å². The van der Waals surface area contributed by atoms with E-state index >= 15 is 0 Å². The van der Waals surface area contributed by atoms with E-state index in [4.69, 9.17) is 0 Å². The molecule has 1 amide bonds. The Bertz CT molecular complexity index is 667. The van der Waals surface area contributed by atoms with Crippen LogP contribution in [0.3, 0.4) is 0 Å². The van der Waals surface area contributed by atoms with Crippen molar-refractivity contribution in [2.75, 3.05) is 13.6 Å². The molecule has 0 aliphatic carbocycles. The normalized spacial score (nSPS) is 17.1. The van der Waals surface area contributed by atoms with Gasteiger partial charge in [-0.05, 0) is 47.4 Å².